The van der Waals surface area contributed by atoms with Crippen molar-refractivity contribution in [3.63, 3.8) is 0 Å². The molecule has 2 heterocycles. The van der Waals surface area contributed by atoms with E-state index in [2.05, 4.69) is 10.2 Å². The minimum absolute atomic E-state index is 0.166. The number of aromatic amines is 1. The Morgan fingerprint density at radius 2 is 2.15 bits per heavy atom. The fraction of sp³-hybridized carbons (Fsp3) is 0.667. The second kappa shape index (κ2) is 5.53. The molecule has 0 saturated carbocycles. The molecule has 1 fully saturated rings. The van der Waals surface area contributed by atoms with Crippen molar-refractivity contribution in [1.82, 2.24) is 14.5 Å². The molecule has 0 amide bonds. The zero-order valence-corrected chi connectivity index (χ0v) is 12.7. The smallest absolute Gasteiger partial charge is 0.309 e. The summed E-state index contributed by atoms with van der Waals surface area (Å²) in [5.74, 6) is -0.749. The molecule has 1 aliphatic heterocycles. The Hall–Kier alpha value is -1.41. The fourth-order valence-electron chi connectivity index (χ4n) is 2.57. The van der Waals surface area contributed by atoms with Crippen LogP contribution < -0.4 is 0 Å². The first-order valence-electron chi connectivity index (χ1n) is 6.47. The average molecular weight is 301 g/mol. The minimum atomic E-state index is -3.62. The van der Waals surface area contributed by atoms with Crippen molar-refractivity contribution in [2.24, 2.45) is 5.92 Å². The van der Waals surface area contributed by atoms with Crippen LogP contribution in [0.25, 0.3) is 0 Å². The summed E-state index contributed by atoms with van der Waals surface area (Å²) < 4.78 is 31.4. The van der Waals surface area contributed by atoms with Crippen molar-refractivity contribution in [3.8, 4) is 0 Å². The van der Waals surface area contributed by atoms with E-state index in [1.165, 1.54) is 11.4 Å². The number of carbonyl (C=O) groups excluding carboxylic acids is 1. The number of sulfonamides is 1. The van der Waals surface area contributed by atoms with E-state index < -0.39 is 15.9 Å². The molecule has 1 atom stereocenters. The maximum absolute atomic E-state index is 12.7. The molecular weight excluding hydrogens is 282 g/mol. The third-order valence-electron chi connectivity index (χ3n) is 3.58. The summed E-state index contributed by atoms with van der Waals surface area (Å²) in [6, 6.07) is 0. The molecule has 1 unspecified atom stereocenters. The second-order valence-electron chi connectivity index (χ2n) is 4.99. The highest BCUT2D eigenvalue weighted by atomic mass is 32.2. The maximum Gasteiger partial charge on any atom is 0.309 e. The Kier molecular flexibility index (Phi) is 4.14. The number of hydrogen-bond acceptors (Lipinski definition) is 5. The molecule has 1 saturated heterocycles. The molecule has 20 heavy (non-hydrogen) atoms. The third-order valence-corrected chi connectivity index (χ3v) is 5.71. The molecule has 2 rings (SSSR count). The highest BCUT2D eigenvalue weighted by Crippen LogP contribution is 2.27. The van der Waals surface area contributed by atoms with Gasteiger partial charge in [0.1, 0.15) is 4.90 Å². The van der Waals surface area contributed by atoms with Crippen LogP contribution in [0, 0.1) is 19.8 Å². The molecule has 0 spiro atoms. The monoisotopic (exact) mass is 301 g/mol. The average Bonchev–Trinajstić information content (AvgIpc) is 2.78. The van der Waals surface area contributed by atoms with Crippen LogP contribution in [0.3, 0.4) is 0 Å². The minimum Gasteiger partial charge on any atom is -0.469 e. The van der Waals surface area contributed by atoms with Crippen LogP contribution in [0.15, 0.2) is 4.90 Å². The molecule has 0 bridgehead atoms. The van der Waals surface area contributed by atoms with Crippen molar-refractivity contribution < 1.29 is 17.9 Å². The van der Waals surface area contributed by atoms with Crippen LogP contribution in [-0.2, 0) is 19.6 Å². The van der Waals surface area contributed by atoms with Crippen molar-refractivity contribution in [2.75, 3.05) is 20.2 Å². The van der Waals surface area contributed by atoms with Crippen molar-refractivity contribution in [3.05, 3.63) is 11.4 Å². The topological polar surface area (TPSA) is 92.4 Å². The van der Waals surface area contributed by atoms with E-state index >= 15 is 0 Å². The van der Waals surface area contributed by atoms with Gasteiger partial charge in [-0.2, -0.15) is 9.40 Å². The zero-order valence-electron chi connectivity index (χ0n) is 11.8. The van der Waals surface area contributed by atoms with Crippen molar-refractivity contribution in [1.29, 1.82) is 0 Å². The summed E-state index contributed by atoms with van der Waals surface area (Å²) in [7, 11) is -2.30. The number of piperidine rings is 1. The number of rotatable bonds is 3. The Bertz CT molecular complexity index is 589. The SMILES string of the molecule is COC(=O)C1CCCN(S(=O)(=O)c2c(C)n[nH]c2C)C1. The largest absolute Gasteiger partial charge is 0.469 e. The molecule has 7 nitrogen and oxygen atoms in total. The van der Waals surface area contributed by atoms with Gasteiger partial charge in [-0.25, -0.2) is 8.42 Å². The van der Waals surface area contributed by atoms with Gasteiger partial charge in [0, 0.05) is 13.1 Å². The maximum atomic E-state index is 12.7. The first kappa shape index (κ1) is 15.0. The number of carbonyl (C=O) groups is 1. The van der Waals surface area contributed by atoms with Gasteiger partial charge in [0.15, 0.2) is 0 Å². The van der Waals surface area contributed by atoms with E-state index in [-0.39, 0.29) is 17.4 Å². The van der Waals surface area contributed by atoms with E-state index in [4.69, 9.17) is 4.74 Å². The lowest BCUT2D eigenvalue weighted by Crippen LogP contribution is -2.42. The van der Waals surface area contributed by atoms with Crippen LogP contribution >= 0.6 is 0 Å². The lowest BCUT2D eigenvalue weighted by atomic mass is 10.0. The van der Waals surface area contributed by atoms with Crippen LogP contribution in [0.1, 0.15) is 24.2 Å². The zero-order chi connectivity index (χ0) is 14.9. The summed E-state index contributed by atoms with van der Waals surface area (Å²) in [6.07, 6.45) is 1.30. The Labute approximate surface area is 118 Å². The lowest BCUT2D eigenvalue weighted by molar-refractivity contribution is -0.146. The van der Waals surface area contributed by atoms with Gasteiger partial charge in [-0.05, 0) is 26.7 Å². The Morgan fingerprint density at radius 1 is 1.45 bits per heavy atom. The van der Waals surface area contributed by atoms with Crippen molar-refractivity contribution in [2.45, 2.75) is 31.6 Å². The summed E-state index contributed by atoms with van der Waals surface area (Å²) in [6.45, 7) is 3.91. The fourth-order valence-corrected chi connectivity index (χ4v) is 4.42. The number of esters is 1. The van der Waals surface area contributed by atoms with Crippen molar-refractivity contribution >= 4 is 16.0 Å². The number of H-pyrrole nitrogens is 1. The van der Waals surface area contributed by atoms with E-state index in [1.807, 2.05) is 0 Å². The lowest BCUT2D eigenvalue weighted by Gasteiger charge is -2.30. The molecular formula is C12H19N3O4S. The number of hydrogen-bond donors (Lipinski definition) is 1. The number of nitrogens with one attached hydrogen (secondary N) is 1. The van der Waals surface area contributed by atoms with Gasteiger partial charge < -0.3 is 4.74 Å². The first-order valence-corrected chi connectivity index (χ1v) is 7.91. The summed E-state index contributed by atoms with van der Waals surface area (Å²) >= 11 is 0. The number of aromatic nitrogens is 2. The quantitative estimate of drug-likeness (QED) is 0.825. The Morgan fingerprint density at radius 3 is 2.70 bits per heavy atom. The van der Waals surface area contributed by atoms with Gasteiger partial charge in [0.2, 0.25) is 10.0 Å². The Balaban J connectivity index is 2.28. The van der Waals surface area contributed by atoms with Crippen LogP contribution in [0.4, 0.5) is 0 Å². The summed E-state index contributed by atoms with van der Waals surface area (Å²) in [5, 5.41) is 6.60. The molecule has 8 heteroatoms. The normalized spacial score (nSPS) is 20.9. The van der Waals surface area contributed by atoms with Gasteiger partial charge >= 0.3 is 5.97 Å². The predicted octanol–water partition coefficient (Wildman–Crippen LogP) is 0.600. The molecule has 1 N–H and O–H groups in total. The molecule has 0 radical (unpaired) electrons. The van der Waals surface area contributed by atoms with E-state index in [0.717, 1.165) is 0 Å². The molecule has 0 aliphatic carbocycles. The summed E-state index contributed by atoms with van der Waals surface area (Å²) in [5.41, 5.74) is 0.963. The predicted molar refractivity (Wildman–Crippen MR) is 71.6 cm³/mol. The summed E-state index contributed by atoms with van der Waals surface area (Å²) in [4.78, 5) is 11.8. The highest BCUT2D eigenvalue weighted by molar-refractivity contribution is 7.89. The molecule has 1 aromatic heterocycles. The molecule has 1 aliphatic rings. The van der Waals surface area contributed by atoms with Gasteiger partial charge in [-0.3, -0.25) is 9.89 Å². The first-order chi connectivity index (χ1) is 9.37. The highest BCUT2D eigenvalue weighted by Gasteiger charge is 2.36. The van der Waals surface area contributed by atoms with E-state index in [9.17, 15) is 13.2 Å². The van der Waals surface area contributed by atoms with Gasteiger partial charge in [0.25, 0.3) is 0 Å². The van der Waals surface area contributed by atoms with E-state index in [0.29, 0.717) is 30.8 Å². The standard InChI is InChI=1S/C12H19N3O4S/c1-8-11(9(2)14-13-8)20(17,18)15-6-4-5-10(7-15)12(16)19-3/h10H,4-7H2,1-3H3,(H,13,14). The number of aryl methyl sites for hydroxylation is 2. The van der Waals surface area contributed by atoms with Crippen LogP contribution in [-0.4, -0.2) is 49.1 Å². The number of ether oxygens (including phenoxy) is 1. The van der Waals surface area contributed by atoms with Gasteiger partial charge in [0.05, 0.1) is 24.4 Å². The third kappa shape index (κ3) is 2.57. The molecule has 112 valence electrons. The molecule has 1 aromatic rings. The van der Waals surface area contributed by atoms with Crippen LogP contribution in [0.2, 0.25) is 0 Å². The number of nitrogens with zero attached hydrogens (tertiary/aromatic N) is 2. The number of methoxy groups -OCH3 is 1. The van der Waals surface area contributed by atoms with Crippen LogP contribution in [0.5, 0.6) is 0 Å². The van der Waals surface area contributed by atoms with E-state index in [1.54, 1.807) is 13.8 Å². The van der Waals surface area contributed by atoms with Gasteiger partial charge in [-0.15, -0.1) is 0 Å². The molecule has 0 aromatic carbocycles. The second-order valence-corrected chi connectivity index (χ2v) is 6.86. The van der Waals surface area contributed by atoms with Gasteiger partial charge in [-0.1, -0.05) is 0 Å².